The summed E-state index contributed by atoms with van der Waals surface area (Å²) in [5.41, 5.74) is 1.37. The summed E-state index contributed by atoms with van der Waals surface area (Å²) in [6, 6.07) is 13.9. The van der Waals surface area contributed by atoms with Gasteiger partial charge in [-0.3, -0.25) is 9.59 Å². The second kappa shape index (κ2) is 9.34. The van der Waals surface area contributed by atoms with E-state index in [1.807, 2.05) is 6.07 Å². The maximum absolute atomic E-state index is 13.5. The number of likely N-dealkylation sites (tertiary alicyclic amines) is 1. The van der Waals surface area contributed by atoms with Gasteiger partial charge in [-0.25, -0.2) is 4.98 Å². The number of aromatic nitrogens is 1. The van der Waals surface area contributed by atoms with Gasteiger partial charge in [0.05, 0.1) is 26.8 Å². The number of nitrogens with zero attached hydrogens (tertiary/aromatic N) is 1. The lowest BCUT2D eigenvalue weighted by atomic mass is 9.94. The van der Waals surface area contributed by atoms with Gasteiger partial charge in [0.15, 0.2) is 12.4 Å². The smallest absolute Gasteiger partial charge is 0.295 e. The van der Waals surface area contributed by atoms with Gasteiger partial charge < -0.3 is 19.5 Å². The highest BCUT2D eigenvalue weighted by Crippen LogP contribution is 2.44. The number of carbonyl (C=O) groups is 2. The zero-order valence-corrected chi connectivity index (χ0v) is 18.8. The highest BCUT2D eigenvalue weighted by Gasteiger charge is 2.45. The average molecular weight is 465 g/mol. The number of carbonyl (C=O) groups excluding carboxylic acids is 2. The molecule has 2 heterocycles. The standard InChI is InChI=1S/C25H21ClN2O5/c1-32-18-9-10-20(33-2)19(12-18)22-21(23(29)16-5-7-17(26)8-6-16)24(30)25(31)28(22)14-15-4-3-11-27-13-15/h3-13,22,29H,14H2,1-2H3. The first kappa shape index (κ1) is 22.4. The number of ketones is 1. The second-order valence-corrected chi connectivity index (χ2v) is 7.87. The Kier molecular flexibility index (Phi) is 6.33. The summed E-state index contributed by atoms with van der Waals surface area (Å²) in [5.74, 6) is -1.21. The van der Waals surface area contributed by atoms with Gasteiger partial charge in [0, 0.05) is 27.8 Å². The molecule has 1 saturated heterocycles. The second-order valence-electron chi connectivity index (χ2n) is 7.43. The number of hydrogen-bond acceptors (Lipinski definition) is 5. The molecule has 1 aliphatic rings. The molecule has 0 bridgehead atoms. The average Bonchev–Trinajstić information content (AvgIpc) is 3.09. The van der Waals surface area contributed by atoms with Crippen LogP contribution in [0.5, 0.6) is 11.5 Å². The number of benzene rings is 2. The molecule has 33 heavy (non-hydrogen) atoms. The fourth-order valence-corrected chi connectivity index (χ4v) is 4.02. The van der Waals surface area contributed by atoms with Crippen molar-refractivity contribution in [3.8, 4) is 11.5 Å². The van der Waals surface area contributed by atoms with Crippen molar-refractivity contribution >= 4 is 29.1 Å². The van der Waals surface area contributed by atoms with Gasteiger partial charge in [-0.1, -0.05) is 29.5 Å². The number of hydrogen-bond donors (Lipinski definition) is 0. The molecule has 1 unspecified atom stereocenters. The first-order chi connectivity index (χ1) is 15.9. The van der Waals surface area contributed by atoms with E-state index in [0.717, 1.165) is 5.56 Å². The van der Waals surface area contributed by atoms with E-state index in [2.05, 4.69) is 4.98 Å². The number of methoxy groups -OCH3 is 2. The van der Waals surface area contributed by atoms with Crippen molar-refractivity contribution in [3.63, 3.8) is 0 Å². The number of Topliss-reactive ketones (excluding diaryl/α,β-unsaturated/α-hetero) is 1. The molecule has 0 aliphatic carbocycles. The van der Waals surface area contributed by atoms with Crippen LogP contribution in [0.15, 0.2) is 72.6 Å². The first-order valence-electron chi connectivity index (χ1n) is 10.1. The topological polar surface area (TPSA) is 93.0 Å². The molecule has 1 amide bonds. The Bertz CT molecular complexity index is 1230. The van der Waals surface area contributed by atoms with Crippen molar-refractivity contribution in [2.75, 3.05) is 14.2 Å². The van der Waals surface area contributed by atoms with Gasteiger partial charge >= 0.3 is 0 Å². The van der Waals surface area contributed by atoms with Gasteiger partial charge in [0.2, 0.25) is 5.78 Å². The number of pyridine rings is 1. The van der Waals surface area contributed by atoms with Crippen molar-refractivity contribution in [1.29, 1.82) is 0 Å². The Hall–Kier alpha value is -3.84. The summed E-state index contributed by atoms with van der Waals surface area (Å²) in [4.78, 5) is 30.7. The summed E-state index contributed by atoms with van der Waals surface area (Å²) >= 11 is 5.96. The van der Waals surface area contributed by atoms with E-state index < -0.39 is 23.5 Å². The van der Waals surface area contributed by atoms with Gasteiger partial charge in [-0.2, -0.15) is 0 Å². The molecular formula is C25H21ClN2O5. The van der Waals surface area contributed by atoms with E-state index in [1.165, 1.54) is 31.3 Å². The minimum absolute atomic E-state index is 0.115. The molecule has 0 radical (unpaired) electrons. The zero-order valence-electron chi connectivity index (χ0n) is 18.0. The number of aromatic amines is 1. The van der Waals surface area contributed by atoms with E-state index in [9.17, 15) is 14.7 Å². The molecule has 1 atom stereocenters. The molecule has 7 nitrogen and oxygen atoms in total. The van der Waals surface area contributed by atoms with Gasteiger partial charge in [-0.05, 0) is 42.0 Å². The fraction of sp³-hybridized carbons (Fsp3) is 0.160. The van der Waals surface area contributed by atoms with Crippen molar-refractivity contribution < 1.29 is 29.2 Å². The third-order valence-corrected chi connectivity index (χ3v) is 5.74. The van der Waals surface area contributed by atoms with E-state index in [0.29, 0.717) is 22.1 Å². The lowest BCUT2D eigenvalue weighted by Gasteiger charge is -2.28. The minimum atomic E-state index is -0.960. The first-order valence-corrected chi connectivity index (χ1v) is 10.5. The van der Waals surface area contributed by atoms with Crippen LogP contribution in [0.3, 0.4) is 0 Å². The van der Waals surface area contributed by atoms with E-state index >= 15 is 0 Å². The molecule has 2 aromatic carbocycles. The summed E-state index contributed by atoms with van der Waals surface area (Å²) in [6.07, 6.45) is 3.47. The Morgan fingerprint density at radius 2 is 1.85 bits per heavy atom. The molecule has 1 aliphatic heterocycles. The predicted molar refractivity (Wildman–Crippen MR) is 119 cm³/mol. The molecule has 1 N–H and O–H groups in total. The highest BCUT2D eigenvalue weighted by molar-refractivity contribution is 6.46. The molecule has 0 saturated carbocycles. The van der Waals surface area contributed by atoms with Crippen LogP contribution < -0.4 is 19.6 Å². The highest BCUT2D eigenvalue weighted by atomic mass is 35.5. The monoisotopic (exact) mass is 464 g/mol. The molecule has 1 aromatic heterocycles. The molecule has 3 aromatic rings. The zero-order chi connectivity index (χ0) is 23.5. The lowest BCUT2D eigenvalue weighted by Crippen LogP contribution is -2.30. The van der Waals surface area contributed by atoms with E-state index in [1.54, 1.807) is 48.8 Å². The maximum Gasteiger partial charge on any atom is 0.295 e. The van der Waals surface area contributed by atoms with Crippen LogP contribution in [0.4, 0.5) is 0 Å². The van der Waals surface area contributed by atoms with Gasteiger partial charge in [-0.15, -0.1) is 0 Å². The quantitative estimate of drug-likeness (QED) is 0.317. The maximum atomic E-state index is 13.5. The summed E-state index contributed by atoms with van der Waals surface area (Å²) in [5, 5.41) is 13.9. The van der Waals surface area contributed by atoms with Crippen LogP contribution in [0.2, 0.25) is 5.02 Å². The normalized spacial score (nSPS) is 17.3. The summed E-state index contributed by atoms with van der Waals surface area (Å²) < 4.78 is 10.9. The van der Waals surface area contributed by atoms with Crippen LogP contribution in [-0.4, -0.2) is 30.8 Å². The van der Waals surface area contributed by atoms with Crippen LogP contribution >= 0.6 is 11.6 Å². The molecule has 168 valence electrons. The molecule has 8 heteroatoms. The number of H-pyrrole nitrogens is 1. The molecule has 4 rings (SSSR count). The Balaban J connectivity index is 1.93. The van der Waals surface area contributed by atoms with Crippen LogP contribution in [-0.2, 0) is 16.1 Å². The molecule has 0 spiro atoms. The summed E-state index contributed by atoms with van der Waals surface area (Å²) in [6.45, 7) is 0.115. The Labute approximate surface area is 195 Å². The Morgan fingerprint density at radius 3 is 2.48 bits per heavy atom. The number of amides is 1. The van der Waals surface area contributed by atoms with Crippen molar-refractivity contribution in [2.24, 2.45) is 0 Å². The third kappa shape index (κ3) is 4.27. The van der Waals surface area contributed by atoms with Crippen molar-refractivity contribution in [1.82, 2.24) is 4.90 Å². The third-order valence-electron chi connectivity index (χ3n) is 5.49. The van der Waals surface area contributed by atoms with E-state index in [-0.39, 0.29) is 17.7 Å². The van der Waals surface area contributed by atoms with Gasteiger partial charge in [0.25, 0.3) is 5.91 Å². The fourth-order valence-electron chi connectivity index (χ4n) is 3.89. The lowest BCUT2D eigenvalue weighted by molar-refractivity contribution is -0.378. The molecular weight excluding hydrogens is 444 g/mol. The number of halogens is 1. The summed E-state index contributed by atoms with van der Waals surface area (Å²) in [7, 11) is 3.00. The molecule has 1 fully saturated rings. The SMILES string of the molecule is COc1ccc(OC)c(C2C(=C([O-])c3ccc(Cl)cc3)C(=O)C(=O)N2Cc2ccc[nH+]c2)c1. The largest absolute Gasteiger partial charge is 0.872 e. The number of ether oxygens (including phenoxy) is 2. The number of rotatable bonds is 6. The van der Waals surface area contributed by atoms with Crippen LogP contribution in [0.25, 0.3) is 5.76 Å². The van der Waals surface area contributed by atoms with Gasteiger partial charge in [0.1, 0.15) is 11.5 Å². The number of nitrogens with one attached hydrogen (secondary N) is 1. The Morgan fingerprint density at radius 1 is 1.09 bits per heavy atom. The van der Waals surface area contributed by atoms with Crippen LogP contribution in [0, 0.1) is 0 Å². The predicted octanol–water partition coefficient (Wildman–Crippen LogP) is 2.60. The van der Waals surface area contributed by atoms with Crippen LogP contribution in [0.1, 0.15) is 22.7 Å². The van der Waals surface area contributed by atoms with Crippen molar-refractivity contribution in [3.05, 3.63) is 94.3 Å². The minimum Gasteiger partial charge on any atom is -0.872 e. The van der Waals surface area contributed by atoms with Crippen molar-refractivity contribution in [2.45, 2.75) is 12.6 Å². The van der Waals surface area contributed by atoms with E-state index in [4.69, 9.17) is 21.1 Å².